The average Bonchev–Trinajstić information content (AvgIpc) is 3.53. The molecule has 3 aliphatic rings. The molecule has 2 N–H and O–H groups in total. The molecule has 4 amide bonds. The third-order valence-corrected chi connectivity index (χ3v) is 7.48. The third kappa shape index (κ3) is 3.58. The Kier molecular flexibility index (Phi) is 5.24. The zero-order valence-corrected chi connectivity index (χ0v) is 18.5. The van der Waals surface area contributed by atoms with Crippen molar-refractivity contribution in [2.24, 2.45) is 7.05 Å². The van der Waals surface area contributed by atoms with Crippen LogP contribution in [0.5, 0.6) is 0 Å². The molecule has 0 aliphatic carbocycles. The average molecular weight is 456 g/mol. The number of hydrogen-bond acceptors (Lipinski definition) is 5. The third-order valence-electron chi connectivity index (χ3n) is 6.60. The van der Waals surface area contributed by atoms with Crippen molar-refractivity contribution in [1.29, 1.82) is 0 Å². The number of amides is 4. The van der Waals surface area contributed by atoms with Gasteiger partial charge in [-0.3, -0.25) is 19.2 Å². The molecule has 4 atom stereocenters. The zero-order valence-electron chi connectivity index (χ0n) is 17.7. The minimum atomic E-state index is -0.696. The van der Waals surface area contributed by atoms with Gasteiger partial charge in [0.1, 0.15) is 17.8 Å². The Bertz CT molecular complexity index is 1060. The number of rotatable bonds is 4. The Labute approximate surface area is 189 Å². The van der Waals surface area contributed by atoms with Crippen molar-refractivity contribution >= 4 is 35.0 Å². The summed E-state index contributed by atoms with van der Waals surface area (Å²) in [6.07, 6.45) is 2.96. The van der Waals surface area contributed by atoms with E-state index in [-0.39, 0.29) is 48.7 Å². The van der Waals surface area contributed by atoms with E-state index in [1.165, 1.54) is 11.3 Å². The summed E-state index contributed by atoms with van der Waals surface area (Å²) in [6.45, 7) is 0.695. The van der Waals surface area contributed by atoms with Gasteiger partial charge in [-0.1, -0.05) is 6.07 Å². The second kappa shape index (κ2) is 8.09. The van der Waals surface area contributed by atoms with Crippen LogP contribution in [0.1, 0.15) is 28.2 Å². The minimum absolute atomic E-state index is 0.103. The summed E-state index contributed by atoms with van der Waals surface area (Å²) in [7, 11) is 1.79. The van der Waals surface area contributed by atoms with E-state index in [0.717, 1.165) is 4.88 Å². The quantitative estimate of drug-likeness (QED) is 0.684. The van der Waals surface area contributed by atoms with Crippen LogP contribution in [-0.2, 0) is 27.9 Å². The Hall–Kier alpha value is -3.14. The molecule has 32 heavy (non-hydrogen) atoms. The van der Waals surface area contributed by atoms with Gasteiger partial charge in [-0.25, -0.2) is 0 Å². The molecule has 0 unspecified atom stereocenters. The van der Waals surface area contributed by atoms with Gasteiger partial charge in [-0.2, -0.15) is 0 Å². The number of fused-ring (bicyclic) bond motifs is 2. The van der Waals surface area contributed by atoms with Crippen LogP contribution in [0.3, 0.4) is 0 Å². The molecule has 168 valence electrons. The van der Waals surface area contributed by atoms with Gasteiger partial charge in [0.15, 0.2) is 0 Å². The second-order valence-electron chi connectivity index (χ2n) is 8.61. The van der Waals surface area contributed by atoms with Crippen LogP contribution in [0.15, 0.2) is 35.8 Å². The van der Waals surface area contributed by atoms with Crippen LogP contribution in [0.2, 0.25) is 0 Å². The van der Waals surface area contributed by atoms with Crippen LogP contribution in [0.4, 0.5) is 0 Å². The van der Waals surface area contributed by atoms with Crippen LogP contribution in [0.25, 0.3) is 0 Å². The lowest BCUT2D eigenvalue weighted by atomic mass is 10.1. The molecule has 3 fully saturated rings. The Morgan fingerprint density at radius 3 is 2.81 bits per heavy atom. The molecule has 5 heterocycles. The summed E-state index contributed by atoms with van der Waals surface area (Å²) in [5, 5.41) is 7.86. The van der Waals surface area contributed by atoms with Crippen molar-refractivity contribution in [2.45, 2.75) is 43.4 Å². The topological polar surface area (TPSA) is 104 Å². The molecule has 0 radical (unpaired) electrons. The van der Waals surface area contributed by atoms with Crippen LogP contribution < -0.4 is 10.6 Å². The van der Waals surface area contributed by atoms with Crippen molar-refractivity contribution in [3.63, 3.8) is 0 Å². The van der Waals surface area contributed by atoms with E-state index < -0.39 is 12.1 Å². The van der Waals surface area contributed by atoms with Crippen molar-refractivity contribution in [3.8, 4) is 0 Å². The number of thiophene rings is 1. The van der Waals surface area contributed by atoms with E-state index in [9.17, 15) is 19.2 Å². The molecule has 0 aromatic carbocycles. The van der Waals surface area contributed by atoms with Crippen molar-refractivity contribution in [2.75, 3.05) is 13.1 Å². The number of hydrogen-bond donors (Lipinski definition) is 2. The van der Waals surface area contributed by atoms with Gasteiger partial charge in [0.05, 0.1) is 12.5 Å². The molecular weight excluding hydrogens is 430 g/mol. The van der Waals surface area contributed by atoms with E-state index in [1.54, 1.807) is 39.7 Å². The Morgan fingerprint density at radius 2 is 2.09 bits per heavy atom. The lowest BCUT2D eigenvalue weighted by Gasteiger charge is -2.29. The predicted octanol–water partition coefficient (Wildman–Crippen LogP) is 0.128. The van der Waals surface area contributed by atoms with Gasteiger partial charge >= 0.3 is 0 Å². The van der Waals surface area contributed by atoms with E-state index in [4.69, 9.17) is 0 Å². The maximum atomic E-state index is 13.5. The fourth-order valence-corrected chi connectivity index (χ4v) is 5.73. The number of nitrogens with zero attached hydrogens (tertiary/aromatic N) is 3. The normalized spacial score (nSPS) is 27.0. The van der Waals surface area contributed by atoms with Crippen molar-refractivity contribution in [1.82, 2.24) is 25.0 Å². The smallest absolute Gasteiger partial charge is 0.268 e. The molecule has 5 rings (SSSR count). The maximum absolute atomic E-state index is 13.5. The van der Waals surface area contributed by atoms with Gasteiger partial charge in [-0.15, -0.1) is 11.3 Å². The molecule has 9 nitrogen and oxygen atoms in total. The van der Waals surface area contributed by atoms with E-state index in [1.807, 2.05) is 17.5 Å². The van der Waals surface area contributed by atoms with Gasteiger partial charge in [0, 0.05) is 37.3 Å². The number of aryl methyl sites for hydroxylation is 1. The lowest BCUT2D eigenvalue weighted by Crippen LogP contribution is -2.53. The van der Waals surface area contributed by atoms with Crippen molar-refractivity contribution < 1.29 is 19.2 Å². The summed E-state index contributed by atoms with van der Waals surface area (Å²) in [4.78, 5) is 56.1. The van der Waals surface area contributed by atoms with Crippen LogP contribution >= 0.6 is 11.3 Å². The molecule has 2 aromatic heterocycles. The highest BCUT2D eigenvalue weighted by Crippen LogP contribution is 2.30. The highest BCUT2D eigenvalue weighted by atomic mass is 32.1. The van der Waals surface area contributed by atoms with Gasteiger partial charge in [0.2, 0.25) is 17.7 Å². The lowest BCUT2D eigenvalue weighted by molar-refractivity contribution is -0.144. The largest absolute Gasteiger partial charge is 0.349 e. The number of likely N-dealkylation sites (tertiary alicyclic amines) is 1. The fourth-order valence-electron chi connectivity index (χ4n) is 5.03. The molecule has 2 aromatic rings. The summed E-state index contributed by atoms with van der Waals surface area (Å²) in [5.74, 6) is -0.770. The molecule has 3 saturated heterocycles. The zero-order chi connectivity index (χ0) is 22.4. The highest BCUT2D eigenvalue weighted by molar-refractivity contribution is 7.10. The van der Waals surface area contributed by atoms with Crippen LogP contribution in [0, 0.1) is 0 Å². The maximum Gasteiger partial charge on any atom is 0.268 e. The van der Waals surface area contributed by atoms with E-state index in [2.05, 4.69) is 10.6 Å². The SMILES string of the molecule is Cn1cccc1C(=O)N[C@H]1C[C@@H]2C(=O)N[C@H]3CCN(C(=O)Cc4cccs4)[C@@H]3C(=O)N2C1. The monoisotopic (exact) mass is 455 g/mol. The first-order chi connectivity index (χ1) is 15.4. The number of carbonyl (C=O) groups is 4. The predicted molar refractivity (Wildman–Crippen MR) is 117 cm³/mol. The molecule has 0 saturated carbocycles. The Balaban J connectivity index is 1.31. The highest BCUT2D eigenvalue weighted by Gasteiger charge is 2.52. The Morgan fingerprint density at radius 1 is 1.25 bits per heavy atom. The fraction of sp³-hybridized carbons (Fsp3) is 0.455. The van der Waals surface area contributed by atoms with E-state index >= 15 is 0 Å². The number of nitrogens with one attached hydrogen (secondary N) is 2. The van der Waals surface area contributed by atoms with Crippen molar-refractivity contribution in [3.05, 3.63) is 46.4 Å². The number of carbonyl (C=O) groups excluding carboxylic acids is 4. The summed E-state index contributed by atoms with van der Waals surface area (Å²) in [6, 6.07) is 5.28. The summed E-state index contributed by atoms with van der Waals surface area (Å²) < 4.78 is 1.72. The first-order valence-corrected chi connectivity index (χ1v) is 11.6. The van der Waals surface area contributed by atoms with Gasteiger partial charge in [-0.05, 0) is 36.4 Å². The van der Waals surface area contributed by atoms with E-state index in [0.29, 0.717) is 25.1 Å². The molecular formula is C22H25N5O4S. The first kappa shape index (κ1) is 20.7. The first-order valence-electron chi connectivity index (χ1n) is 10.8. The summed E-state index contributed by atoms with van der Waals surface area (Å²) in [5.41, 5.74) is 0.518. The van der Waals surface area contributed by atoms with Gasteiger partial charge in [0.25, 0.3) is 5.91 Å². The summed E-state index contributed by atoms with van der Waals surface area (Å²) >= 11 is 1.51. The van der Waals surface area contributed by atoms with Crippen LogP contribution in [-0.4, -0.2) is 75.3 Å². The van der Waals surface area contributed by atoms with Gasteiger partial charge < -0.3 is 25.0 Å². The second-order valence-corrected chi connectivity index (χ2v) is 9.64. The molecule has 0 spiro atoms. The molecule has 3 aliphatic heterocycles. The number of aromatic nitrogens is 1. The molecule has 0 bridgehead atoms. The molecule has 10 heteroatoms. The minimum Gasteiger partial charge on any atom is -0.349 e. The standard InChI is InChI=1S/C22H25N5O4S/c1-25-7-2-5-16(25)20(29)23-13-10-17-21(30)24-15-6-8-26(19(15)22(31)27(17)12-13)18(28)11-14-4-3-9-32-14/h2-5,7,9,13,15,17,19H,6,8,10-12H2,1H3,(H,23,29)(H,24,30)/t13-,15-,17+,19-/m0/s1.